The van der Waals surface area contributed by atoms with Crippen LogP contribution >= 0.6 is 11.6 Å². The number of carbonyl (C=O) groups excluding carboxylic acids is 1. The van der Waals surface area contributed by atoms with Crippen LogP contribution in [-0.4, -0.2) is 68.6 Å². The van der Waals surface area contributed by atoms with Crippen molar-refractivity contribution < 1.29 is 23.4 Å². The van der Waals surface area contributed by atoms with Crippen LogP contribution < -0.4 is 5.32 Å². The van der Waals surface area contributed by atoms with E-state index in [1.165, 1.54) is 24.6 Å². The number of fused-ring (bicyclic) bond motifs is 1. The van der Waals surface area contributed by atoms with Gasteiger partial charge in [-0.05, 0) is 93.9 Å². The van der Waals surface area contributed by atoms with E-state index in [9.17, 15) is 18.7 Å². The van der Waals surface area contributed by atoms with E-state index in [1.807, 2.05) is 23.8 Å². The third-order valence-electron chi connectivity index (χ3n) is 8.93. The van der Waals surface area contributed by atoms with Crippen LogP contribution in [0, 0.1) is 24.1 Å². The molecule has 0 bridgehead atoms. The maximum Gasteiger partial charge on any atom is 0.152 e. The molecule has 2 aliphatic heterocycles. The van der Waals surface area contributed by atoms with Crippen molar-refractivity contribution in [2.75, 3.05) is 26.3 Å². The molecule has 0 amide bonds. The second-order valence-electron chi connectivity index (χ2n) is 12.4. The number of nitrogens with one attached hydrogen (secondary N) is 3. The number of aldehydes is 1. The quantitative estimate of drug-likeness (QED) is 0.0393. The van der Waals surface area contributed by atoms with Crippen LogP contribution in [0.5, 0.6) is 0 Å². The molecule has 268 valence electrons. The number of aliphatic hydroxyl groups is 1. The lowest BCUT2D eigenvalue weighted by atomic mass is 9.92. The van der Waals surface area contributed by atoms with Crippen LogP contribution in [0.2, 0.25) is 5.02 Å². The van der Waals surface area contributed by atoms with E-state index in [1.54, 1.807) is 37.3 Å². The summed E-state index contributed by atoms with van der Waals surface area (Å²) in [6.07, 6.45) is 12.1. The third kappa shape index (κ3) is 9.66. The van der Waals surface area contributed by atoms with Crippen molar-refractivity contribution in [1.82, 2.24) is 30.0 Å². The molecule has 2 aliphatic rings. The van der Waals surface area contributed by atoms with Crippen LogP contribution in [0.1, 0.15) is 53.2 Å². The molecule has 2 saturated heterocycles. The molecular formula is C38H42ClF2N7O3. The largest absolute Gasteiger partial charge is 0.507 e. The van der Waals surface area contributed by atoms with Gasteiger partial charge in [0.2, 0.25) is 0 Å². The van der Waals surface area contributed by atoms with Crippen molar-refractivity contribution in [3.05, 3.63) is 111 Å². The fraction of sp³-hybridized carbons (Fsp3) is 0.316. The molecule has 2 fully saturated rings. The number of imidazole rings is 1. The molecule has 51 heavy (non-hydrogen) atoms. The number of hydrogen-bond donors (Lipinski definition) is 4. The topological polar surface area (TPSA) is 132 Å². The average molecular weight is 718 g/mol. The van der Waals surface area contributed by atoms with E-state index in [2.05, 4.69) is 20.4 Å². The second kappa shape index (κ2) is 17.8. The molecule has 4 N–H and O–H groups in total. The summed E-state index contributed by atoms with van der Waals surface area (Å²) in [7, 11) is 1.96. The number of piperidine rings is 1. The molecule has 2 aromatic carbocycles. The number of hydrogen-bond acceptors (Lipinski definition) is 8. The van der Waals surface area contributed by atoms with Crippen molar-refractivity contribution in [3.63, 3.8) is 0 Å². The fourth-order valence-electron chi connectivity index (χ4n) is 5.87. The Bertz CT molecular complexity index is 1960. The van der Waals surface area contributed by atoms with Gasteiger partial charge in [-0.15, -0.1) is 0 Å². The van der Waals surface area contributed by atoms with Crippen LogP contribution in [0.15, 0.2) is 66.4 Å². The number of nitrogens with zero attached hydrogens (tertiary/aromatic N) is 4. The SMILES string of the molecule is C1COC1.Cc1[nH]nc(/C(F)=C\C=N)c1/C=C(/O)c1ccc2c(c1)nc(CN1CCC(/C(=C/C=C\C=O)NCc3ccc(Cl)cc3F)CC1)n2C. The molecule has 4 aromatic rings. The van der Waals surface area contributed by atoms with Gasteiger partial charge in [0, 0.05) is 72.0 Å². The van der Waals surface area contributed by atoms with Crippen molar-refractivity contribution in [2.24, 2.45) is 13.0 Å². The minimum atomic E-state index is -0.677. The summed E-state index contributed by atoms with van der Waals surface area (Å²) in [6.45, 7) is 6.32. The number of benzene rings is 2. The number of halogens is 3. The second-order valence-corrected chi connectivity index (χ2v) is 12.8. The molecule has 0 spiro atoms. The summed E-state index contributed by atoms with van der Waals surface area (Å²) in [5.74, 6) is -0.0118. The van der Waals surface area contributed by atoms with Gasteiger partial charge in [-0.1, -0.05) is 23.7 Å². The van der Waals surface area contributed by atoms with Crippen molar-refractivity contribution in [2.45, 2.75) is 39.3 Å². The van der Waals surface area contributed by atoms with Crippen LogP contribution in [0.3, 0.4) is 0 Å². The molecule has 10 nitrogen and oxygen atoms in total. The standard InChI is InChI=1S/C35H36ClF2N7O2.C3H6O/c1-22-27(35(43-42-22)28(37)10-13-39)19-33(47)24-7-9-32-31(17-24)41-34(44(32)2)21-45-14-11-23(12-15-45)30(5-3-4-16-46)40-20-25-6-8-26(36)18-29(25)38;1-2-4-3-1/h3-10,13,16-19,23,39-40,47H,11-12,14-15,20-21H2,1-2H3,(H,42,43);1-3H2/b4-3-,28-10+,30-5-,33-19+,39-13?;. The number of likely N-dealkylation sites (tertiary alicyclic amines) is 1. The Morgan fingerprint density at radius 2 is 1.92 bits per heavy atom. The van der Waals surface area contributed by atoms with Crippen LogP contribution in [-0.2, 0) is 29.7 Å². The lowest BCUT2D eigenvalue weighted by Gasteiger charge is -2.33. The van der Waals surface area contributed by atoms with E-state index in [4.69, 9.17) is 26.7 Å². The van der Waals surface area contributed by atoms with Gasteiger partial charge in [-0.2, -0.15) is 5.10 Å². The molecule has 0 aliphatic carbocycles. The summed E-state index contributed by atoms with van der Waals surface area (Å²) >= 11 is 5.90. The molecule has 4 heterocycles. The number of aromatic nitrogens is 4. The first-order valence-corrected chi connectivity index (χ1v) is 17.1. The van der Waals surface area contributed by atoms with E-state index < -0.39 is 5.83 Å². The molecule has 0 unspecified atom stereocenters. The number of H-pyrrole nitrogens is 1. The maximum atomic E-state index is 14.4. The molecule has 13 heteroatoms. The lowest BCUT2D eigenvalue weighted by molar-refractivity contribution is -0.104. The van der Waals surface area contributed by atoms with Gasteiger partial charge in [0.25, 0.3) is 0 Å². The maximum absolute atomic E-state index is 14.4. The molecular weight excluding hydrogens is 676 g/mol. The Morgan fingerprint density at radius 1 is 1.18 bits per heavy atom. The van der Waals surface area contributed by atoms with E-state index in [-0.39, 0.29) is 23.2 Å². The molecule has 6 rings (SSSR count). The van der Waals surface area contributed by atoms with Crippen molar-refractivity contribution >= 4 is 52.8 Å². The minimum Gasteiger partial charge on any atom is -0.507 e. The molecule has 2 aromatic heterocycles. The fourth-order valence-corrected chi connectivity index (χ4v) is 6.03. The zero-order chi connectivity index (χ0) is 36.3. The zero-order valence-corrected chi connectivity index (χ0v) is 29.4. The summed E-state index contributed by atoms with van der Waals surface area (Å²) in [6, 6.07) is 10.1. The Hall–Kier alpha value is -4.91. The number of aliphatic hydroxyl groups excluding tert-OH is 1. The van der Waals surface area contributed by atoms with Crippen LogP contribution in [0.25, 0.3) is 28.7 Å². The molecule has 0 saturated carbocycles. The third-order valence-corrected chi connectivity index (χ3v) is 9.17. The molecule has 0 radical (unpaired) electrons. The van der Waals surface area contributed by atoms with Gasteiger partial charge in [0.1, 0.15) is 29.4 Å². The summed E-state index contributed by atoms with van der Waals surface area (Å²) < 4.78 is 35.6. The highest BCUT2D eigenvalue weighted by molar-refractivity contribution is 6.30. The predicted molar refractivity (Wildman–Crippen MR) is 197 cm³/mol. The summed E-state index contributed by atoms with van der Waals surface area (Å²) in [5.41, 5.74) is 4.62. The first-order chi connectivity index (χ1) is 24.7. The van der Waals surface area contributed by atoms with E-state index >= 15 is 0 Å². The van der Waals surface area contributed by atoms with Gasteiger partial charge >= 0.3 is 0 Å². The highest BCUT2D eigenvalue weighted by Gasteiger charge is 2.24. The number of ether oxygens (including phenoxy) is 1. The number of allylic oxidation sites excluding steroid dienone is 5. The van der Waals surface area contributed by atoms with E-state index in [0.29, 0.717) is 40.5 Å². The molecule has 0 atom stereocenters. The minimum absolute atomic E-state index is 0.0220. The Balaban J connectivity index is 0.00000118. The Morgan fingerprint density at radius 3 is 2.59 bits per heavy atom. The normalized spacial score (nSPS) is 16.2. The number of aryl methyl sites for hydroxylation is 2. The van der Waals surface area contributed by atoms with Gasteiger partial charge in [-0.3, -0.25) is 14.8 Å². The van der Waals surface area contributed by atoms with Gasteiger partial charge < -0.3 is 25.1 Å². The summed E-state index contributed by atoms with van der Waals surface area (Å²) in [4.78, 5) is 18.1. The lowest BCUT2D eigenvalue weighted by Crippen LogP contribution is -2.36. The van der Waals surface area contributed by atoms with E-state index in [0.717, 1.165) is 80.3 Å². The zero-order valence-electron chi connectivity index (χ0n) is 28.6. The number of rotatable bonds is 12. The first kappa shape index (κ1) is 37.3. The number of carbonyl (C=O) groups is 1. The number of aromatic amines is 1. The van der Waals surface area contributed by atoms with Crippen molar-refractivity contribution in [3.8, 4) is 0 Å². The first-order valence-electron chi connectivity index (χ1n) is 16.8. The van der Waals surface area contributed by atoms with Gasteiger partial charge in [0.05, 0.1) is 17.6 Å². The smallest absolute Gasteiger partial charge is 0.152 e. The highest BCUT2D eigenvalue weighted by Crippen LogP contribution is 2.29. The monoisotopic (exact) mass is 717 g/mol. The predicted octanol–water partition coefficient (Wildman–Crippen LogP) is 7.46. The van der Waals surface area contributed by atoms with Gasteiger partial charge in [0.15, 0.2) is 5.83 Å². The average Bonchev–Trinajstić information content (AvgIpc) is 3.60. The van der Waals surface area contributed by atoms with Gasteiger partial charge in [-0.25, -0.2) is 13.8 Å². The highest BCUT2D eigenvalue weighted by atomic mass is 35.5. The Labute approximate surface area is 300 Å². The van der Waals surface area contributed by atoms with Crippen molar-refractivity contribution in [1.29, 1.82) is 5.41 Å². The Kier molecular flexibility index (Phi) is 13.1. The summed E-state index contributed by atoms with van der Waals surface area (Å²) in [5, 5.41) is 28.5. The van der Waals surface area contributed by atoms with Crippen LogP contribution in [0.4, 0.5) is 8.78 Å².